The maximum absolute atomic E-state index is 10.9. The van der Waals surface area contributed by atoms with Crippen molar-refractivity contribution in [3.05, 3.63) is 76.5 Å². The second-order valence-corrected chi connectivity index (χ2v) is 11.2. The summed E-state index contributed by atoms with van der Waals surface area (Å²) in [5.41, 5.74) is 6.07. The molecule has 3 aromatic heterocycles. The molecule has 0 radical (unpaired) electrons. The lowest BCUT2D eigenvalue weighted by Crippen LogP contribution is -2.27. The number of hydrogen-bond acceptors (Lipinski definition) is 5. The Hall–Kier alpha value is -3.07. The Bertz CT molecular complexity index is 1560. The normalized spacial score (nSPS) is 16.0. The highest BCUT2D eigenvalue weighted by Gasteiger charge is 2.31. The van der Waals surface area contributed by atoms with Gasteiger partial charge in [0.1, 0.15) is 5.69 Å². The molecular weight excluding hydrogens is 530 g/mol. The van der Waals surface area contributed by atoms with Crippen molar-refractivity contribution in [2.75, 3.05) is 13.2 Å². The maximum atomic E-state index is 10.9. The Morgan fingerprint density at radius 3 is 2.49 bits per heavy atom. The molecule has 1 atom stereocenters. The predicted octanol–water partition coefficient (Wildman–Crippen LogP) is 5.99. The van der Waals surface area contributed by atoms with Crippen molar-refractivity contribution >= 4 is 37.9 Å². The molecule has 2 aromatic carbocycles. The van der Waals surface area contributed by atoms with Crippen LogP contribution in [0.15, 0.2) is 65.4 Å². The van der Waals surface area contributed by atoms with Gasteiger partial charge >= 0.3 is 0 Å². The number of fused-ring (bicyclic) bond motifs is 3. The van der Waals surface area contributed by atoms with E-state index in [0.717, 1.165) is 64.8 Å². The van der Waals surface area contributed by atoms with Crippen molar-refractivity contribution in [3.8, 4) is 11.3 Å². The fourth-order valence-electron chi connectivity index (χ4n) is 5.67. The van der Waals surface area contributed by atoms with Gasteiger partial charge in [0.2, 0.25) is 0 Å². The number of pyridine rings is 1. The van der Waals surface area contributed by atoms with Gasteiger partial charge in [-0.3, -0.25) is 4.98 Å². The second-order valence-electron chi connectivity index (χ2n) is 10.4. The van der Waals surface area contributed by atoms with Crippen LogP contribution in [0.2, 0.25) is 0 Å². The first-order valence-corrected chi connectivity index (χ1v) is 13.5. The van der Waals surface area contributed by atoms with E-state index in [1.165, 1.54) is 5.56 Å². The van der Waals surface area contributed by atoms with Crippen LogP contribution in [0.5, 0.6) is 0 Å². The summed E-state index contributed by atoms with van der Waals surface area (Å²) in [6.07, 6.45) is 3.86. The maximum Gasteiger partial charge on any atom is 0.156 e. The van der Waals surface area contributed by atoms with Crippen molar-refractivity contribution in [1.29, 1.82) is 0 Å². The summed E-state index contributed by atoms with van der Waals surface area (Å²) in [6, 6.07) is 19.3. The zero-order valence-corrected chi connectivity index (χ0v) is 22.8. The number of benzene rings is 2. The molecule has 1 fully saturated rings. The van der Waals surface area contributed by atoms with Crippen LogP contribution in [0.3, 0.4) is 0 Å². The molecule has 7 nitrogen and oxygen atoms in total. The fraction of sp³-hybridized carbons (Fsp3) is 0.345. The van der Waals surface area contributed by atoms with Gasteiger partial charge in [0.15, 0.2) is 4.60 Å². The van der Waals surface area contributed by atoms with Gasteiger partial charge < -0.3 is 14.4 Å². The minimum Gasteiger partial charge on any atom is -0.386 e. The molecule has 0 amide bonds. The predicted molar refractivity (Wildman–Crippen MR) is 148 cm³/mol. The zero-order chi connectivity index (χ0) is 25.7. The first-order valence-electron chi connectivity index (χ1n) is 12.7. The molecule has 1 aliphatic rings. The number of ether oxygens (including phenoxy) is 1. The molecule has 0 saturated carbocycles. The summed E-state index contributed by atoms with van der Waals surface area (Å²) in [7, 11) is 1.89. The van der Waals surface area contributed by atoms with Crippen molar-refractivity contribution < 1.29 is 9.84 Å². The Balaban J connectivity index is 1.69. The van der Waals surface area contributed by atoms with E-state index < -0.39 is 5.60 Å². The minimum atomic E-state index is -0.958. The minimum absolute atomic E-state index is 0.0901. The number of nitrogens with zero attached hydrogens (tertiary/aromatic N) is 5. The van der Waals surface area contributed by atoms with Gasteiger partial charge in [0.25, 0.3) is 0 Å². The molecule has 0 aliphatic carbocycles. The van der Waals surface area contributed by atoms with Crippen LogP contribution in [0, 0.1) is 5.92 Å². The standard InChI is InChI=1S/C29H30BrN5O2/c1-29(2,36)21-9-10-22-23(16-21)35(26(18-7-5-4-6-8-18)19-11-13-37-14-12-19)24-15-20(17-31-25(22)24)27-28(30)32-33-34(27)3/h4-10,15-17,19,26,36H,11-14H2,1-3H3. The highest BCUT2D eigenvalue weighted by molar-refractivity contribution is 9.10. The molecule has 37 heavy (non-hydrogen) atoms. The molecule has 8 heteroatoms. The molecule has 0 bridgehead atoms. The van der Waals surface area contributed by atoms with E-state index in [9.17, 15) is 5.11 Å². The van der Waals surface area contributed by atoms with Gasteiger partial charge in [0, 0.05) is 37.4 Å². The van der Waals surface area contributed by atoms with E-state index in [1.807, 2.05) is 33.2 Å². The summed E-state index contributed by atoms with van der Waals surface area (Å²) < 4.78 is 10.7. The molecule has 1 saturated heterocycles. The van der Waals surface area contributed by atoms with E-state index in [4.69, 9.17) is 9.72 Å². The van der Waals surface area contributed by atoms with Crippen LogP contribution in [0.25, 0.3) is 33.2 Å². The van der Waals surface area contributed by atoms with Crippen molar-refractivity contribution in [2.45, 2.75) is 38.3 Å². The monoisotopic (exact) mass is 559 g/mol. The Morgan fingerprint density at radius 1 is 1.05 bits per heavy atom. The summed E-state index contributed by atoms with van der Waals surface area (Å²) >= 11 is 3.56. The van der Waals surface area contributed by atoms with E-state index >= 15 is 0 Å². The van der Waals surface area contributed by atoms with Crippen LogP contribution in [0.1, 0.15) is 43.9 Å². The summed E-state index contributed by atoms with van der Waals surface area (Å²) in [4.78, 5) is 4.98. The smallest absolute Gasteiger partial charge is 0.156 e. The van der Waals surface area contributed by atoms with Crippen LogP contribution < -0.4 is 0 Å². The van der Waals surface area contributed by atoms with Crippen molar-refractivity contribution in [2.24, 2.45) is 13.0 Å². The van der Waals surface area contributed by atoms with Crippen LogP contribution in [-0.2, 0) is 17.4 Å². The van der Waals surface area contributed by atoms with Gasteiger partial charge in [0.05, 0.1) is 28.2 Å². The van der Waals surface area contributed by atoms with Crippen LogP contribution in [-0.4, -0.2) is 42.9 Å². The molecule has 1 aliphatic heterocycles. The van der Waals surface area contributed by atoms with E-state index in [-0.39, 0.29) is 6.04 Å². The largest absolute Gasteiger partial charge is 0.386 e. The van der Waals surface area contributed by atoms with E-state index in [1.54, 1.807) is 4.68 Å². The van der Waals surface area contributed by atoms with Crippen molar-refractivity contribution in [3.63, 3.8) is 0 Å². The first kappa shape index (κ1) is 24.3. The number of rotatable bonds is 5. The molecule has 1 unspecified atom stereocenters. The van der Waals surface area contributed by atoms with Crippen LogP contribution >= 0.6 is 15.9 Å². The highest BCUT2D eigenvalue weighted by atomic mass is 79.9. The number of aliphatic hydroxyl groups is 1. The highest BCUT2D eigenvalue weighted by Crippen LogP contribution is 2.42. The van der Waals surface area contributed by atoms with Gasteiger partial charge in [-0.25, -0.2) is 4.68 Å². The third-order valence-corrected chi connectivity index (χ3v) is 8.07. The average molecular weight is 560 g/mol. The number of hydrogen-bond donors (Lipinski definition) is 1. The topological polar surface area (TPSA) is 78.0 Å². The second kappa shape index (κ2) is 9.35. The lowest BCUT2D eigenvalue weighted by molar-refractivity contribution is 0.0552. The molecule has 190 valence electrons. The van der Waals surface area contributed by atoms with Crippen LogP contribution in [0.4, 0.5) is 0 Å². The van der Waals surface area contributed by atoms with E-state index in [0.29, 0.717) is 10.5 Å². The van der Waals surface area contributed by atoms with Crippen molar-refractivity contribution in [1.82, 2.24) is 24.5 Å². The zero-order valence-electron chi connectivity index (χ0n) is 21.2. The molecule has 1 N–H and O–H groups in total. The number of aromatic nitrogens is 5. The Kier molecular flexibility index (Phi) is 6.13. The molecular formula is C29H30BrN5O2. The Labute approximate surface area is 224 Å². The van der Waals surface area contributed by atoms with Gasteiger partial charge in [-0.1, -0.05) is 47.7 Å². The van der Waals surface area contributed by atoms with Gasteiger partial charge in [-0.2, -0.15) is 0 Å². The molecule has 4 heterocycles. The summed E-state index contributed by atoms with van der Waals surface area (Å²) in [5.74, 6) is 0.398. The summed E-state index contributed by atoms with van der Waals surface area (Å²) in [5, 5.41) is 20.3. The van der Waals surface area contributed by atoms with Gasteiger partial charge in [-0.15, -0.1) is 5.10 Å². The first-order chi connectivity index (χ1) is 17.8. The lowest BCUT2D eigenvalue weighted by atomic mass is 9.86. The SMILES string of the molecule is Cn1nnc(Br)c1-c1cnc2c3ccc(C(C)(C)O)cc3n(C(c3ccccc3)C3CCOCC3)c2c1. The number of aryl methyl sites for hydroxylation is 1. The fourth-order valence-corrected chi connectivity index (χ4v) is 6.22. The molecule has 5 aromatic rings. The molecule has 0 spiro atoms. The third kappa shape index (κ3) is 4.27. The van der Waals surface area contributed by atoms with E-state index in [2.05, 4.69) is 79.3 Å². The molecule has 6 rings (SSSR count). The average Bonchev–Trinajstić information content (AvgIpc) is 3.40. The quantitative estimate of drug-likeness (QED) is 0.286. The Morgan fingerprint density at radius 2 is 1.81 bits per heavy atom. The van der Waals surface area contributed by atoms with Gasteiger partial charge in [-0.05, 0) is 71.8 Å². The number of halogens is 1. The lowest BCUT2D eigenvalue weighted by Gasteiger charge is -2.33. The third-order valence-electron chi connectivity index (χ3n) is 7.54. The summed E-state index contributed by atoms with van der Waals surface area (Å²) in [6.45, 7) is 5.18.